The van der Waals surface area contributed by atoms with Crippen LogP contribution >= 0.6 is 15.9 Å². The molecule has 136 valence electrons. The molecular weight excluding hydrogens is 376 g/mol. The Bertz CT molecular complexity index is 631. The van der Waals surface area contributed by atoms with Crippen LogP contribution in [0.4, 0.5) is 0 Å². The molecule has 0 aliphatic heterocycles. The van der Waals surface area contributed by atoms with Crippen LogP contribution in [0.3, 0.4) is 0 Å². The summed E-state index contributed by atoms with van der Waals surface area (Å²) in [5, 5.41) is 0. The Kier molecular flexibility index (Phi) is 4.46. The number of carbonyl (C=O) groups excluding carboxylic acids is 1. The summed E-state index contributed by atoms with van der Waals surface area (Å²) in [6.45, 7) is 4.92. The van der Waals surface area contributed by atoms with E-state index in [1.165, 1.54) is 38.5 Å². The number of hydrogen-bond donors (Lipinski definition) is 0. The van der Waals surface area contributed by atoms with Gasteiger partial charge in [-0.1, -0.05) is 22.0 Å². The molecule has 0 radical (unpaired) electrons. The summed E-state index contributed by atoms with van der Waals surface area (Å²) in [5.74, 6) is 2.00. The molecule has 25 heavy (non-hydrogen) atoms. The van der Waals surface area contributed by atoms with Crippen molar-refractivity contribution < 1.29 is 4.79 Å². The van der Waals surface area contributed by atoms with Crippen molar-refractivity contribution in [2.45, 2.75) is 75.7 Å². The van der Waals surface area contributed by atoms with Gasteiger partial charge >= 0.3 is 0 Å². The lowest BCUT2D eigenvalue weighted by molar-refractivity contribution is -0.140. The first-order valence-electron chi connectivity index (χ1n) is 9.74. The molecule has 0 saturated heterocycles. The SMILES string of the molecule is CC(C)N(Cc1cccnc1)C(=O)CC12CC3CC(CC(Br)(C3)C1)C2. The highest BCUT2D eigenvalue weighted by Crippen LogP contribution is 2.65. The lowest BCUT2D eigenvalue weighted by atomic mass is 9.48. The maximum absolute atomic E-state index is 13.3. The number of hydrogen-bond acceptors (Lipinski definition) is 2. The molecule has 3 nitrogen and oxygen atoms in total. The molecule has 2 atom stereocenters. The summed E-state index contributed by atoms with van der Waals surface area (Å²) in [6, 6.07) is 4.24. The van der Waals surface area contributed by atoms with Gasteiger partial charge in [-0.2, -0.15) is 0 Å². The first-order valence-corrected chi connectivity index (χ1v) is 10.5. The summed E-state index contributed by atoms with van der Waals surface area (Å²) >= 11 is 4.07. The molecule has 4 fully saturated rings. The van der Waals surface area contributed by atoms with E-state index < -0.39 is 0 Å². The molecule has 5 rings (SSSR count). The predicted octanol–water partition coefficient (Wildman–Crippen LogP) is 4.94. The Labute approximate surface area is 159 Å². The summed E-state index contributed by atoms with van der Waals surface area (Å²) < 4.78 is 0.323. The Morgan fingerprint density at radius 3 is 2.60 bits per heavy atom. The second kappa shape index (κ2) is 6.37. The largest absolute Gasteiger partial charge is 0.336 e. The fraction of sp³-hybridized carbons (Fsp3) is 0.714. The van der Waals surface area contributed by atoms with Crippen molar-refractivity contribution in [2.75, 3.05) is 0 Å². The van der Waals surface area contributed by atoms with Gasteiger partial charge in [0.25, 0.3) is 0 Å². The van der Waals surface area contributed by atoms with E-state index >= 15 is 0 Å². The first-order chi connectivity index (χ1) is 11.9. The highest BCUT2D eigenvalue weighted by atomic mass is 79.9. The standard InChI is InChI=1S/C21H29BrN2O/c1-15(2)24(13-16-4-3-5-23-12-16)19(25)11-20-7-17-6-18(8-20)10-21(22,9-17)14-20/h3-5,12,15,17-18H,6-11,13-14H2,1-2H3. The smallest absolute Gasteiger partial charge is 0.223 e. The molecule has 1 heterocycles. The van der Waals surface area contributed by atoms with E-state index in [0.717, 1.165) is 23.8 Å². The number of nitrogens with zero attached hydrogens (tertiary/aromatic N) is 2. The van der Waals surface area contributed by atoms with Crippen LogP contribution in [0.2, 0.25) is 0 Å². The predicted molar refractivity (Wildman–Crippen MR) is 103 cm³/mol. The Balaban J connectivity index is 1.50. The molecule has 2 unspecified atom stereocenters. The monoisotopic (exact) mass is 404 g/mol. The third kappa shape index (κ3) is 3.51. The minimum Gasteiger partial charge on any atom is -0.336 e. The molecule has 1 amide bonds. The van der Waals surface area contributed by atoms with Crippen molar-refractivity contribution in [1.29, 1.82) is 0 Å². The molecular formula is C21H29BrN2O. The number of amides is 1. The molecule has 4 bridgehead atoms. The van der Waals surface area contributed by atoms with Gasteiger partial charge in [0.1, 0.15) is 0 Å². The zero-order valence-electron chi connectivity index (χ0n) is 15.4. The quantitative estimate of drug-likeness (QED) is 0.650. The average Bonchev–Trinajstić information content (AvgIpc) is 2.50. The minimum atomic E-state index is 0.222. The third-order valence-corrected chi connectivity index (χ3v) is 7.58. The number of halogens is 1. The molecule has 4 aliphatic rings. The molecule has 1 aromatic heterocycles. The van der Waals surface area contributed by atoms with E-state index in [0.29, 0.717) is 16.8 Å². The Morgan fingerprint density at radius 1 is 1.32 bits per heavy atom. The third-order valence-electron chi connectivity index (χ3n) is 6.66. The molecule has 1 aromatic rings. The number of pyridine rings is 1. The Hall–Kier alpha value is -0.900. The van der Waals surface area contributed by atoms with E-state index in [4.69, 9.17) is 0 Å². The van der Waals surface area contributed by atoms with Gasteiger partial charge in [0, 0.05) is 35.7 Å². The second-order valence-corrected chi connectivity index (χ2v) is 10.9. The number of aromatic nitrogens is 1. The van der Waals surface area contributed by atoms with Crippen molar-refractivity contribution in [3.8, 4) is 0 Å². The topological polar surface area (TPSA) is 33.2 Å². The average molecular weight is 405 g/mol. The van der Waals surface area contributed by atoms with Gasteiger partial charge in [0.15, 0.2) is 0 Å². The van der Waals surface area contributed by atoms with Crippen LogP contribution in [0.25, 0.3) is 0 Å². The Morgan fingerprint density at radius 2 is 2.04 bits per heavy atom. The normalized spacial score (nSPS) is 36.0. The van der Waals surface area contributed by atoms with Crippen molar-refractivity contribution in [3.63, 3.8) is 0 Å². The fourth-order valence-corrected chi connectivity index (χ4v) is 7.72. The second-order valence-electron chi connectivity index (χ2n) is 9.27. The molecule has 0 aromatic carbocycles. The lowest BCUT2D eigenvalue weighted by Gasteiger charge is -2.60. The molecule has 0 spiro atoms. The molecule has 4 saturated carbocycles. The van der Waals surface area contributed by atoms with Gasteiger partial charge in [0.05, 0.1) is 0 Å². The van der Waals surface area contributed by atoms with Crippen LogP contribution in [0, 0.1) is 17.3 Å². The maximum atomic E-state index is 13.3. The van der Waals surface area contributed by atoms with Crippen LogP contribution in [0.15, 0.2) is 24.5 Å². The number of alkyl halides is 1. The van der Waals surface area contributed by atoms with E-state index in [1.807, 2.05) is 12.3 Å². The van der Waals surface area contributed by atoms with E-state index in [2.05, 4.69) is 45.7 Å². The van der Waals surface area contributed by atoms with Crippen molar-refractivity contribution >= 4 is 21.8 Å². The summed E-state index contributed by atoms with van der Waals surface area (Å²) in [7, 11) is 0. The summed E-state index contributed by atoms with van der Waals surface area (Å²) in [4.78, 5) is 19.5. The van der Waals surface area contributed by atoms with Crippen LogP contribution in [0.1, 0.15) is 64.4 Å². The van der Waals surface area contributed by atoms with Crippen LogP contribution in [0.5, 0.6) is 0 Å². The zero-order chi connectivity index (χ0) is 17.7. The van der Waals surface area contributed by atoms with E-state index in [-0.39, 0.29) is 11.5 Å². The van der Waals surface area contributed by atoms with Gasteiger partial charge in [0.2, 0.25) is 5.91 Å². The summed E-state index contributed by atoms with van der Waals surface area (Å²) in [6.07, 6.45) is 12.2. The number of carbonyl (C=O) groups is 1. The maximum Gasteiger partial charge on any atom is 0.223 e. The minimum absolute atomic E-state index is 0.222. The summed E-state index contributed by atoms with van der Waals surface area (Å²) in [5.41, 5.74) is 1.36. The first kappa shape index (κ1) is 17.5. The van der Waals surface area contributed by atoms with Gasteiger partial charge in [-0.3, -0.25) is 9.78 Å². The number of rotatable bonds is 5. The van der Waals surface area contributed by atoms with Gasteiger partial charge < -0.3 is 4.90 Å². The fourth-order valence-electron chi connectivity index (χ4n) is 6.21. The highest BCUT2D eigenvalue weighted by molar-refractivity contribution is 9.10. The van der Waals surface area contributed by atoms with Crippen molar-refractivity contribution in [1.82, 2.24) is 9.88 Å². The highest BCUT2D eigenvalue weighted by Gasteiger charge is 2.57. The zero-order valence-corrected chi connectivity index (χ0v) is 17.0. The van der Waals surface area contributed by atoms with Gasteiger partial charge in [-0.05, 0) is 81.3 Å². The van der Waals surface area contributed by atoms with Crippen molar-refractivity contribution in [2.24, 2.45) is 17.3 Å². The molecule has 4 aliphatic carbocycles. The van der Waals surface area contributed by atoms with Gasteiger partial charge in [-0.25, -0.2) is 0 Å². The van der Waals surface area contributed by atoms with Crippen molar-refractivity contribution in [3.05, 3.63) is 30.1 Å². The van der Waals surface area contributed by atoms with Crippen LogP contribution < -0.4 is 0 Å². The van der Waals surface area contributed by atoms with Gasteiger partial charge in [-0.15, -0.1) is 0 Å². The van der Waals surface area contributed by atoms with E-state index in [1.54, 1.807) is 6.20 Å². The van der Waals surface area contributed by atoms with Crippen LogP contribution in [-0.4, -0.2) is 26.2 Å². The lowest BCUT2D eigenvalue weighted by Crippen LogP contribution is -2.54. The van der Waals surface area contributed by atoms with E-state index in [9.17, 15) is 4.79 Å². The molecule has 0 N–H and O–H groups in total. The van der Waals surface area contributed by atoms with Crippen LogP contribution in [-0.2, 0) is 11.3 Å². The molecule has 4 heteroatoms.